The van der Waals surface area contributed by atoms with Crippen LogP contribution in [0.3, 0.4) is 0 Å². The van der Waals surface area contributed by atoms with Crippen LogP contribution in [0.4, 0.5) is 5.82 Å². The van der Waals surface area contributed by atoms with Crippen molar-refractivity contribution in [3.8, 4) is 6.01 Å². The summed E-state index contributed by atoms with van der Waals surface area (Å²) >= 11 is 5.88. The van der Waals surface area contributed by atoms with Crippen LogP contribution in [0.2, 0.25) is 5.02 Å². The van der Waals surface area contributed by atoms with Gasteiger partial charge in [-0.25, -0.2) is 13.4 Å². The maximum Gasteiger partial charge on any atom is 0.318 e. The van der Waals surface area contributed by atoms with E-state index in [0.717, 1.165) is 0 Å². The standard InChI is InChI=1S/C9H14ClN3O3S/c1-6(5-17(3,14)15)12-8-7(10)4-11-9(13-8)16-2/h4,6H,5H2,1-3H3,(H,11,12,13). The first-order valence-corrected chi connectivity index (χ1v) is 7.26. The Kier molecular flexibility index (Phi) is 4.53. The van der Waals surface area contributed by atoms with E-state index >= 15 is 0 Å². The van der Waals surface area contributed by atoms with Crippen LogP contribution < -0.4 is 10.1 Å². The first kappa shape index (κ1) is 14.0. The molecule has 0 saturated carbocycles. The Bertz CT molecular complexity index is 492. The fraction of sp³-hybridized carbons (Fsp3) is 0.556. The molecule has 1 N–H and O–H groups in total. The average molecular weight is 280 g/mol. The summed E-state index contributed by atoms with van der Waals surface area (Å²) < 4.78 is 27.1. The lowest BCUT2D eigenvalue weighted by atomic mass is 10.4. The van der Waals surface area contributed by atoms with Crippen molar-refractivity contribution in [1.29, 1.82) is 0 Å². The number of hydrogen-bond donors (Lipinski definition) is 1. The summed E-state index contributed by atoms with van der Waals surface area (Å²) in [5.74, 6) is 0.352. The molecule has 0 aliphatic rings. The highest BCUT2D eigenvalue weighted by Gasteiger charge is 2.13. The molecule has 8 heteroatoms. The minimum atomic E-state index is -3.05. The van der Waals surface area contributed by atoms with E-state index < -0.39 is 9.84 Å². The SMILES string of the molecule is COc1ncc(Cl)c(NC(C)CS(C)(=O)=O)n1. The summed E-state index contributed by atoms with van der Waals surface area (Å²) in [7, 11) is -1.61. The van der Waals surface area contributed by atoms with E-state index in [-0.39, 0.29) is 17.8 Å². The van der Waals surface area contributed by atoms with Gasteiger partial charge in [-0.3, -0.25) is 0 Å². The van der Waals surface area contributed by atoms with Gasteiger partial charge in [0.15, 0.2) is 5.82 Å². The topological polar surface area (TPSA) is 81.2 Å². The molecule has 0 aliphatic carbocycles. The molecule has 0 aliphatic heterocycles. The lowest BCUT2D eigenvalue weighted by molar-refractivity contribution is 0.380. The van der Waals surface area contributed by atoms with Gasteiger partial charge in [-0.2, -0.15) is 4.98 Å². The van der Waals surface area contributed by atoms with Crippen molar-refractivity contribution in [1.82, 2.24) is 9.97 Å². The zero-order valence-electron chi connectivity index (χ0n) is 9.77. The van der Waals surface area contributed by atoms with Gasteiger partial charge in [0.25, 0.3) is 0 Å². The Hall–Kier alpha value is -1.08. The Labute approximate surface area is 105 Å². The fourth-order valence-electron chi connectivity index (χ4n) is 1.28. The van der Waals surface area contributed by atoms with Crippen LogP contribution >= 0.6 is 11.6 Å². The predicted molar refractivity (Wildman–Crippen MR) is 66.4 cm³/mol. The van der Waals surface area contributed by atoms with Crippen LogP contribution in [0.25, 0.3) is 0 Å². The fourth-order valence-corrected chi connectivity index (χ4v) is 2.42. The Balaban J connectivity index is 2.80. The van der Waals surface area contributed by atoms with Gasteiger partial charge in [-0.05, 0) is 6.92 Å². The maximum absolute atomic E-state index is 11.1. The molecule has 0 radical (unpaired) electrons. The largest absolute Gasteiger partial charge is 0.467 e. The van der Waals surface area contributed by atoms with Gasteiger partial charge in [0, 0.05) is 12.3 Å². The minimum Gasteiger partial charge on any atom is -0.467 e. The molecule has 96 valence electrons. The number of hydrogen-bond acceptors (Lipinski definition) is 6. The van der Waals surface area contributed by atoms with Crippen molar-refractivity contribution in [2.75, 3.05) is 24.4 Å². The van der Waals surface area contributed by atoms with E-state index in [1.54, 1.807) is 6.92 Å². The molecule has 1 atom stereocenters. The second kappa shape index (κ2) is 5.50. The van der Waals surface area contributed by atoms with E-state index in [2.05, 4.69) is 15.3 Å². The lowest BCUT2D eigenvalue weighted by Crippen LogP contribution is -2.25. The average Bonchev–Trinajstić information content (AvgIpc) is 2.18. The zero-order valence-corrected chi connectivity index (χ0v) is 11.3. The highest BCUT2D eigenvalue weighted by molar-refractivity contribution is 7.90. The summed E-state index contributed by atoms with van der Waals surface area (Å²) in [4.78, 5) is 7.81. The Morgan fingerprint density at radius 1 is 1.59 bits per heavy atom. The van der Waals surface area contributed by atoms with Gasteiger partial charge in [0.1, 0.15) is 14.9 Å². The van der Waals surface area contributed by atoms with Crippen LogP contribution in [0.1, 0.15) is 6.92 Å². The summed E-state index contributed by atoms with van der Waals surface area (Å²) in [5.41, 5.74) is 0. The minimum absolute atomic E-state index is 0.00432. The van der Waals surface area contributed by atoms with Gasteiger partial charge < -0.3 is 10.1 Å². The number of halogens is 1. The Morgan fingerprint density at radius 3 is 2.76 bits per heavy atom. The van der Waals surface area contributed by atoms with Gasteiger partial charge in [0.2, 0.25) is 0 Å². The lowest BCUT2D eigenvalue weighted by Gasteiger charge is -2.14. The molecule has 0 bridgehead atoms. The zero-order chi connectivity index (χ0) is 13.1. The van der Waals surface area contributed by atoms with Crippen molar-refractivity contribution >= 4 is 27.3 Å². The van der Waals surface area contributed by atoms with E-state index in [1.165, 1.54) is 19.6 Å². The van der Waals surface area contributed by atoms with Crippen LogP contribution in [0.15, 0.2) is 6.20 Å². The van der Waals surface area contributed by atoms with Crippen LogP contribution in [0, 0.1) is 0 Å². The molecule has 6 nitrogen and oxygen atoms in total. The second-order valence-electron chi connectivity index (χ2n) is 3.69. The van der Waals surface area contributed by atoms with Crippen LogP contribution in [0.5, 0.6) is 6.01 Å². The first-order valence-electron chi connectivity index (χ1n) is 4.82. The highest BCUT2D eigenvalue weighted by Crippen LogP contribution is 2.20. The quantitative estimate of drug-likeness (QED) is 0.865. The summed E-state index contributed by atoms with van der Waals surface area (Å²) in [6.07, 6.45) is 2.57. The smallest absolute Gasteiger partial charge is 0.318 e. The normalized spacial score (nSPS) is 13.2. The number of ether oxygens (including phenoxy) is 1. The molecule has 0 saturated heterocycles. The first-order chi connectivity index (χ1) is 7.81. The number of nitrogens with one attached hydrogen (secondary N) is 1. The molecule has 17 heavy (non-hydrogen) atoms. The molecule has 0 aromatic carbocycles. The summed E-state index contributed by atoms with van der Waals surface area (Å²) in [5, 5.41) is 3.21. The number of aromatic nitrogens is 2. The molecule has 1 aromatic heterocycles. The molecule has 1 rings (SSSR count). The van der Waals surface area contributed by atoms with Crippen LogP contribution in [-0.2, 0) is 9.84 Å². The van der Waals surface area contributed by atoms with E-state index in [4.69, 9.17) is 16.3 Å². The molecular formula is C9H14ClN3O3S. The van der Waals surface area contributed by atoms with E-state index in [1.807, 2.05) is 0 Å². The molecule has 0 fully saturated rings. The molecule has 1 heterocycles. The van der Waals surface area contributed by atoms with Crippen molar-refractivity contribution in [3.05, 3.63) is 11.2 Å². The summed E-state index contributed by atoms with van der Waals surface area (Å²) in [6, 6.07) is -0.134. The van der Waals surface area contributed by atoms with E-state index in [0.29, 0.717) is 10.8 Å². The number of sulfone groups is 1. The van der Waals surface area contributed by atoms with Gasteiger partial charge in [-0.15, -0.1) is 0 Å². The van der Waals surface area contributed by atoms with Crippen molar-refractivity contribution < 1.29 is 13.2 Å². The predicted octanol–water partition coefficient (Wildman–Crippen LogP) is 0.984. The van der Waals surface area contributed by atoms with Crippen molar-refractivity contribution in [3.63, 3.8) is 0 Å². The maximum atomic E-state index is 11.1. The molecule has 1 unspecified atom stereocenters. The number of methoxy groups -OCH3 is 1. The Morgan fingerprint density at radius 2 is 2.24 bits per heavy atom. The van der Waals surface area contributed by atoms with Gasteiger partial charge in [-0.1, -0.05) is 11.6 Å². The highest BCUT2D eigenvalue weighted by atomic mass is 35.5. The van der Waals surface area contributed by atoms with Gasteiger partial charge in [0.05, 0.1) is 19.1 Å². The molecule has 0 spiro atoms. The third-order valence-electron chi connectivity index (χ3n) is 1.84. The third kappa shape index (κ3) is 4.74. The van der Waals surface area contributed by atoms with Gasteiger partial charge >= 0.3 is 6.01 Å². The van der Waals surface area contributed by atoms with Crippen molar-refractivity contribution in [2.45, 2.75) is 13.0 Å². The second-order valence-corrected chi connectivity index (χ2v) is 6.28. The van der Waals surface area contributed by atoms with E-state index in [9.17, 15) is 8.42 Å². The number of rotatable bonds is 5. The monoisotopic (exact) mass is 279 g/mol. The van der Waals surface area contributed by atoms with Crippen molar-refractivity contribution in [2.24, 2.45) is 0 Å². The molecular weight excluding hydrogens is 266 g/mol. The third-order valence-corrected chi connectivity index (χ3v) is 3.22. The van der Waals surface area contributed by atoms with Crippen LogP contribution in [-0.4, -0.2) is 43.5 Å². The summed E-state index contributed by atoms with van der Waals surface area (Å²) in [6.45, 7) is 1.73. The molecule has 0 amide bonds. The number of nitrogens with zero attached hydrogens (tertiary/aromatic N) is 2. The number of anilines is 1. The molecule has 1 aromatic rings.